The summed E-state index contributed by atoms with van der Waals surface area (Å²) in [5.41, 5.74) is 1.16. The van der Waals surface area contributed by atoms with E-state index in [0.29, 0.717) is 0 Å². The van der Waals surface area contributed by atoms with Gasteiger partial charge in [-0.05, 0) is 56.5 Å². The molecule has 1 saturated heterocycles. The van der Waals surface area contributed by atoms with E-state index in [0.717, 1.165) is 37.3 Å². The highest BCUT2D eigenvalue weighted by Crippen LogP contribution is 2.13. The molecule has 20 heavy (non-hydrogen) atoms. The summed E-state index contributed by atoms with van der Waals surface area (Å²) in [6.45, 7) is 4.67. The molecule has 0 bridgehead atoms. The Morgan fingerprint density at radius 3 is 2.35 bits per heavy atom. The number of aliphatic hydroxyl groups is 1. The summed E-state index contributed by atoms with van der Waals surface area (Å²) in [4.78, 5) is 2.57. The summed E-state index contributed by atoms with van der Waals surface area (Å²) in [5.74, 6) is 0.933. The number of hydrogen-bond acceptors (Lipinski definition) is 3. The first-order valence-electron chi connectivity index (χ1n) is 7.93. The second-order valence-electron chi connectivity index (χ2n) is 5.58. The van der Waals surface area contributed by atoms with Crippen molar-refractivity contribution in [2.45, 2.75) is 38.5 Å². The number of nitrogens with zero attached hydrogens (tertiary/aromatic N) is 1. The Balaban J connectivity index is 1.62. The number of aliphatic hydroxyl groups excluding tert-OH is 1. The predicted molar refractivity (Wildman–Crippen MR) is 82.3 cm³/mol. The molecule has 0 unspecified atom stereocenters. The minimum atomic E-state index is 0.204. The number of hydrogen-bond donors (Lipinski definition) is 1. The van der Waals surface area contributed by atoms with Crippen LogP contribution in [-0.4, -0.2) is 42.9 Å². The van der Waals surface area contributed by atoms with Crippen LogP contribution in [0.15, 0.2) is 24.3 Å². The Labute approximate surface area is 122 Å². The number of benzene rings is 1. The van der Waals surface area contributed by atoms with Crippen molar-refractivity contribution in [3.05, 3.63) is 29.8 Å². The van der Waals surface area contributed by atoms with Crippen molar-refractivity contribution < 1.29 is 9.84 Å². The summed E-state index contributed by atoms with van der Waals surface area (Å²) >= 11 is 0. The van der Waals surface area contributed by atoms with Crippen molar-refractivity contribution in [2.24, 2.45) is 0 Å². The van der Waals surface area contributed by atoms with Crippen LogP contribution in [0.5, 0.6) is 5.75 Å². The van der Waals surface area contributed by atoms with E-state index in [-0.39, 0.29) is 6.61 Å². The molecule has 0 spiro atoms. The van der Waals surface area contributed by atoms with Gasteiger partial charge in [-0.2, -0.15) is 0 Å². The van der Waals surface area contributed by atoms with E-state index in [4.69, 9.17) is 9.84 Å². The SMILES string of the molecule is OCCc1ccc(OCCCN2CCCCCC2)cc1. The highest BCUT2D eigenvalue weighted by molar-refractivity contribution is 5.27. The second kappa shape index (κ2) is 8.98. The molecule has 0 aliphatic carbocycles. The Morgan fingerprint density at radius 1 is 1.00 bits per heavy atom. The third-order valence-electron chi connectivity index (χ3n) is 3.91. The van der Waals surface area contributed by atoms with Gasteiger partial charge in [-0.15, -0.1) is 0 Å². The third-order valence-corrected chi connectivity index (χ3v) is 3.91. The van der Waals surface area contributed by atoms with Gasteiger partial charge < -0.3 is 14.7 Å². The normalized spacial score (nSPS) is 16.9. The van der Waals surface area contributed by atoms with Gasteiger partial charge in [0.1, 0.15) is 5.75 Å². The lowest BCUT2D eigenvalue weighted by atomic mass is 10.1. The minimum Gasteiger partial charge on any atom is -0.494 e. The molecule has 1 N–H and O–H groups in total. The smallest absolute Gasteiger partial charge is 0.119 e. The van der Waals surface area contributed by atoms with Gasteiger partial charge in [-0.25, -0.2) is 0 Å². The van der Waals surface area contributed by atoms with Crippen molar-refractivity contribution in [3.8, 4) is 5.75 Å². The van der Waals surface area contributed by atoms with Gasteiger partial charge in [0.2, 0.25) is 0 Å². The molecule has 1 aliphatic rings. The van der Waals surface area contributed by atoms with Gasteiger partial charge in [-0.1, -0.05) is 25.0 Å². The van der Waals surface area contributed by atoms with Gasteiger partial charge in [0.15, 0.2) is 0 Å². The molecule has 3 nitrogen and oxygen atoms in total. The molecule has 2 rings (SSSR count). The molecule has 0 saturated carbocycles. The van der Waals surface area contributed by atoms with Gasteiger partial charge >= 0.3 is 0 Å². The van der Waals surface area contributed by atoms with E-state index in [1.807, 2.05) is 24.3 Å². The second-order valence-corrected chi connectivity index (χ2v) is 5.58. The molecule has 0 atom stereocenters. The molecule has 1 fully saturated rings. The molecule has 112 valence electrons. The van der Waals surface area contributed by atoms with E-state index in [9.17, 15) is 0 Å². The highest BCUT2D eigenvalue weighted by Gasteiger charge is 2.08. The number of ether oxygens (including phenoxy) is 1. The number of rotatable bonds is 7. The fourth-order valence-corrected chi connectivity index (χ4v) is 2.72. The molecule has 1 aromatic rings. The van der Waals surface area contributed by atoms with E-state index in [1.54, 1.807) is 0 Å². The lowest BCUT2D eigenvalue weighted by Gasteiger charge is -2.19. The van der Waals surface area contributed by atoms with Crippen LogP contribution < -0.4 is 4.74 Å². The van der Waals surface area contributed by atoms with Crippen LogP contribution in [0.1, 0.15) is 37.7 Å². The predicted octanol–water partition coefficient (Wildman–Crippen LogP) is 2.87. The average Bonchev–Trinajstić information content (AvgIpc) is 2.74. The zero-order valence-corrected chi connectivity index (χ0v) is 12.4. The van der Waals surface area contributed by atoms with E-state index < -0.39 is 0 Å². The molecule has 1 aliphatic heterocycles. The first kappa shape index (κ1) is 15.3. The summed E-state index contributed by atoms with van der Waals surface area (Å²) in [6, 6.07) is 8.05. The van der Waals surface area contributed by atoms with E-state index >= 15 is 0 Å². The van der Waals surface area contributed by atoms with E-state index in [1.165, 1.54) is 38.8 Å². The van der Waals surface area contributed by atoms with Crippen LogP contribution in [0.3, 0.4) is 0 Å². The zero-order valence-electron chi connectivity index (χ0n) is 12.4. The highest BCUT2D eigenvalue weighted by atomic mass is 16.5. The van der Waals surface area contributed by atoms with Crippen LogP contribution in [0.25, 0.3) is 0 Å². The monoisotopic (exact) mass is 277 g/mol. The minimum absolute atomic E-state index is 0.204. The molecular weight excluding hydrogens is 250 g/mol. The van der Waals surface area contributed by atoms with Crippen LogP contribution in [0, 0.1) is 0 Å². The topological polar surface area (TPSA) is 32.7 Å². The van der Waals surface area contributed by atoms with Gasteiger partial charge in [0, 0.05) is 13.2 Å². The first-order valence-corrected chi connectivity index (χ1v) is 7.93. The maximum absolute atomic E-state index is 8.87. The van der Waals surface area contributed by atoms with Gasteiger partial charge in [0.25, 0.3) is 0 Å². The fourth-order valence-electron chi connectivity index (χ4n) is 2.72. The Kier molecular flexibility index (Phi) is 6.89. The molecule has 1 heterocycles. The molecular formula is C17H27NO2. The summed E-state index contributed by atoms with van der Waals surface area (Å²) in [7, 11) is 0. The fraction of sp³-hybridized carbons (Fsp3) is 0.647. The van der Waals surface area contributed by atoms with Gasteiger partial charge in [-0.3, -0.25) is 0 Å². The number of likely N-dealkylation sites (tertiary alicyclic amines) is 1. The quantitative estimate of drug-likeness (QED) is 0.778. The average molecular weight is 277 g/mol. The van der Waals surface area contributed by atoms with Crippen LogP contribution in [0.4, 0.5) is 0 Å². The first-order chi connectivity index (χ1) is 9.88. The van der Waals surface area contributed by atoms with Crippen molar-refractivity contribution >= 4 is 0 Å². The lowest BCUT2D eigenvalue weighted by Crippen LogP contribution is -2.26. The molecule has 0 radical (unpaired) electrons. The lowest BCUT2D eigenvalue weighted by molar-refractivity contribution is 0.240. The van der Waals surface area contributed by atoms with Crippen molar-refractivity contribution in [3.63, 3.8) is 0 Å². The largest absolute Gasteiger partial charge is 0.494 e. The maximum atomic E-state index is 8.87. The summed E-state index contributed by atoms with van der Waals surface area (Å²) in [6.07, 6.45) is 7.31. The Morgan fingerprint density at radius 2 is 1.70 bits per heavy atom. The van der Waals surface area contributed by atoms with Crippen molar-refractivity contribution in [2.75, 3.05) is 32.8 Å². The van der Waals surface area contributed by atoms with Crippen LogP contribution >= 0.6 is 0 Å². The third kappa shape index (κ3) is 5.51. The molecule has 3 heteroatoms. The standard InChI is InChI=1S/C17H27NO2/c19-14-10-16-6-8-17(9-7-16)20-15-5-13-18-11-3-1-2-4-12-18/h6-9,19H,1-5,10-15H2. The van der Waals surface area contributed by atoms with Crippen molar-refractivity contribution in [1.29, 1.82) is 0 Å². The molecule has 1 aromatic carbocycles. The van der Waals surface area contributed by atoms with Gasteiger partial charge in [0.05, 0.1) is 6.61 Å². The molecule has 0 amide bonds. The summed E-state index contributed by atoms with van der Waals surface area (Å²) in [5, 5.41) is 8.87. The Hall–Kier alpha value is -1.06. The zero-order chi connectivity index (χ0) is 14.0. The Bertz CT molecular complexity index is 356. The molecule has 0 aromatic heterocycles. The van der Waals surface area contributed by atoms with Crippen molar-refractivity contribution in [1.82, 2.24) is 4.90 Å². The van der Waals surface area contributed by atoms with Crippen LogP contribution in [-0.2, 0) is 6.42 Å². The summed E-state index contributed by atoms with van der Waals surface area (Å²) < 4.78 is 5.77. The van der Waals surface area contributed by atoms with E-state index in [2.05, 4.69) is 4.90 Å². The maximum Gasteiger partial charge on any atom is 0.119 e. The van der Waals surface area contributed by atoms with Crippen LogP contribution in [0.2, 0.25) is 0 Å².